The van der Waals surface area contributed by atoms with E-state index in [0.29, 0.717) is 18.7 Å². The van der Waals surface area contributed by atoms with Crippen molar-refractivity contribution in [3.05, 3.63) is 29.7 Å². The Kier molecular flexibility index (Phi) is 3.04. The number of nitrogens with zero attached hydrogens (tertiary/aromatic N) is 1. The number of aliphatic carboxylic acids is 1. The van der Waals surface area contributed by atoms with E-state index in [9.17, 15) is 9.90 Å². The van der Waals surface area contributed by atoms with Crippen molar-refractivity contribution >= 4 is 17.1 Å². The van der Waals surface area contributed by atoms with Crippen LogP contribution in [0.15, 0.2) is 22.6 Å². The standard InChI is InChI=1S/C16H19NO3/c1-10(2)14-17-12-9-11(5-6-13(12)20-14)16(15(18)19)7-3-4-8-16/h5-6,9-10H,3-4,7-8H2,1-2H3,(H,18,19). The molecule has 1 aromatic carbocycles. The van der Waals surface area contributed by atoms with Gasteiger partial charge in [-0.1, -0.05) is 32.8 Å². The minimum absolute atomic E-state index is 0.228. The summed E-state index contributed by atoms with van der Waals surface area (Å²) in [5.41, 5.74) is 1.62. The first-order valence-electron chi connectivity index (χ1n) is 7.17. The number of aromatic nitrogens is 1. The minimum atomic E-state index is -0.731. The summed E-state index contributed by atoms with van der Waals surface area (Å²) >= 11 is 0. The summed E-state index contributed by atoms with van der Waals surface area (Å²) < 4.78 is 5.68. The number of rotatable bonds is 3. The molecule has 1 aromatic heterocycles. The molecule has 4 nitrogen and oxygen atoms in total. The molecule has 1 aliphatic carbocycles. The normalized spacial score (nSPS) is 17.9. The number of fused-ring (bicyclic) bond motifs is 1. The van der Waals surface area contributed by atoms with E-state index in [4.69, 9.17) is 4.42 Å². The van der Waals surface area contributed by atoms with E-state index < -0.39 is 11.4 Å². The van der Waals surface area contributed by atoms with Crippen LogP contribution in [-0.2, 0) is 10.2 Å². The second-order valence-electron chi connectivity index (χ2n) is 5.98. The van der Waals surface area contributed by atoms with Gasteiger partial charge in [0, 0.05) is 5.92 Å². The zero-order valence-electron chi connectivity index (χ0n) is 11.8. The number of carbonyl (C=O) groups is 1. The molecule has 1 aliphatic rings. The fourth-order valence-electron chi connectivity index (χ4n) is 3.09. The third kappa shape index (κ3) is 1.90. The van der Waals surface area contributed by atoms with E-state index in [1.165, 1.54) is 0 Å². The third-order valence-corrected chi connectivity index (χ3v) is 4.32. The predicted molar refractivity (Wildman–Crippen MR) is 75.9 cm³/mol. The number of carboxylic acid groups (broad SMARTS) is 1. The third-order valence-electron chi connectivity index (χ3n) is 4.32. The first kappa shape index (κ1) is 13.2. The van der Waals surface area contributed by atoms with Gasteiger partial charge in [-0.05, 0) is 30.5 Å². The lowest BCUT2D eigenvalue weighted by Crippen LogP contribution is -2.32. The zero-order chi connectivity index (χ0) is 14.3. The Morgan fingerprint density at radius 3 is 2.65 bits per heavy atom. The van der Waals surface area contributed by atoms with Gasteiger partial charge in [-0.15, -0.1) is 0 Å². The molecular formula is C16H19NO3. The maximum Gasteiger partial charge on any atom is 0.314 e. The van der Waals surface area contributed by atoms with Crippen molar-refractivity contribution in [3.8, 4) is 0 Å². The highest BCUT2D eigenvalue weighted by Crippen LogP contribution is 2.42. The van der Waals surface area contributed by atoms with Crippen LogP contribution in [0.1, 0.15) is 56.9 Å². The Bertz CT molecular complexity index is 651. The topological polar surface area (TPSA) is 63.3 Å². The SMILES string of the molecule is CC(C)c1nc2cc(C3(C(=O)O)CCCC3)ccc2o1. The largest absolute Gasteiger partial charge is 0.481 e. The molecule has 20 heavy (non-hydrogen) atoms. The Balaban J connectivity index is 2.10. The number of oxazole rings is 1. The van der Waals surface area contributed by atoms with Gasteiger partial charge in [0.15, 0.2) is 11.5 Å². The monoisotopic (exact) mass is 273 g/mol. The molecule has 0 atom stereocenters. The van der Waals surface area contributed by atoms with Crippen molar-refractivity contribution in [2.75, 3.05) is 0 Å². The molecule has 1 heterocycles. The van der Waals surface area contributed by atoms with Gasteiger partial charge < -0.3 is 9.52 Å². The van der Waals surface area contributed by atoms with Crippen LogP contribution >= 0.6 is 0 Å². The van der Waals surface area contributed by atoms with Crippen molar-refractivity contribution in [2.24, 2.45) is 0 Å². The Morgan fingerprint density at radius 2 is 2.05 bits per heavy atom. The molecule has 1 saturated carbocycles. The second-order valence-corrected chi connectivity index (χ2v) is 5.98. The van der Waals surface area contributed by atoms with Crippen LogP contribution in [0.5, 0.6) is 0 Å². The molecule has 0 radical (unpaired) electrons. The van der Waals surface area contributed by atoms with Crippen LogP contribution in [-0.4, -0.2) is 16.1 Å². The highest BCUT2D eigenvalue weighted by atomic mass is 16.4. The predicted octanol–water partition coefficient (Wildman–Crippen LogP) is 3.85. The van der Waals surface area contributed by atoms with Crippen LogP contribution in [0.2, 0.25) is 0 Å². The van der Waals surface area contributed by atoms with E-state index in [1.54, 1.807) is 0 Å². The quantitative estimate of drug-likeness (QED) is 0.922. The van der Waals surface area contributed by atoms with E-state index in [1.807, 2.05) is 32.0 Å². The maximum atomic E-state index is 11.7. The molecule has 0 amide bonds. The van der Waals surface area contributed by atoms with Crippen LogP contribution in [0, 0.1) is 0 Å². The fourth-order valence-corrected chi connectivity index (χ4v) is 3.09. The Morgan fingerprint density at radius 1 is 1.35 bits per heavy atom. The molecule has 0 unspecified atom stereocenters. The van der Waals surface area contributed by atoms with Crippen molar-refractivity contribution in [2.45, 2.75) is 50.9 Å². The average Bonchev–Trinajstić information content (AvgIpc) is 3.05. The summed E-state index contributed by atoms with van der Waals surface area (Å²) in [6, 6.07) is 5.63. The lowest BCUT2D eigenvalue weighted by molar-refractivity contribution is -0.143. The van der Waals surface area contributed by atoms with Gasteiger partial charge in [0.1, 0.15) is 5.52 Å². The number of carboxylic acids is 1. The van der Waals surface area contributed by atoms with Gasteiger partial charge in [0.05, 0.1) is 5.41 Å². The van der Waals surface area contributed by atoms with Crippen molar-refractivity contribution < 1.29 is 14.3 Å². The number of hydrogen-bond donors (Lipinski definition) is 1. The van der Waals surface area contributed by atoms with Crippen molar-refractivity contribution in [1.82, 2.24) is 4.98 Å². The van der Waals surface area contributed by atoms with E-state index in [-0.39, 0.29) is 5.92 Å². The van der Waals surface area contributed by atoms with Crippen LogP contribution in [0.25, 0.3) is 11.1 Å². The van der Waals surface area contributed by atoms with Gasteiger partial charge in [-0.3, -0.25) is 4.79 Å². The molecule has 1 N–H and O–H groups in total. The molecule has 0 saturated heterocycles. The summed E-state index contributed by atoms with van der Waals surface area (Å²) in [5.74, 6) is 0.209. The highest BCUT2D eigenvalue weighted by Gasteiger charge is 2.43. The molecular weight excluding hydrogens is 254 g/mol. The van der Waals surface area contributed by atoms with Crippen molar-refractivity contribution in [3.63, 3.8) is 0 Å². The summed E-state index contributed by atoms with van der Waals surface area (Å²) in [5, 5.41) is 9.64. The molecule has 0 aliphatic heterocycles. The molecule has 0 spiro atoms. The first-order chi connectivity index (χ1) is 9.53. The van der Waals surface area contributed by atoms with Crippen LogP contribution < -0.4 is 0 Å². The van der Waals surface area contributed by atoms with Gasteiger partial charge >= 0.3 is 5.97 Å². The summed E-state index contributed by atoms with van der Waals surface area (Å²) in [4.78, 5) is 16.2. The fraction of sp³-hybridized carbons (Fsp3) is 0.500. The minimum Gasteiger partial charge on any atom is -0.481 e. The summed E-state index contributed by atoms with van der Waals surface area (Å²) in [6.07, 6.45) is 3.37. The average molecular weight is 273 g/mol. The molecule has 106 valence electrons. The maximum absolute atomic E-state index is 11.7. The van der Waals surface area contributed by atoms with E-state index in [2.05, 4.69) is 4.98 Å². The van der Waals surface area contributed by atoms with Crippen LogP contribution in [0.3, 0.4) is 0 Å². The van der Waals surface area contributed by atoms with Gasteiger partial charge in [-0.2, -0.15) is 0 Å². The second kappa shape index (κ2) is 4.62. The molecule has 3 rings (SSSR count). The highest BCUT2D eigenvalue weighted by molar-refractivity contribution is 5.84. The van der Waals surface area contributed by atoms with Crippen LogP contribution in [0.4, 0.5) is 0 Å². The zero-order valence-corrected chi connectivity index (χ0v) is 11.8. The lowest BCUT2D eigenvalue weighted by Gasteiger charge is -2.24. The van der Waals surface area contributed by atoms with E-state index in [0.717, 1.165) is 29.5 Å². The molecule has 4 heteroatoms. The summed E-state index contributed by atoms with van der Waals surface area (Å²) in [7, 11) is 0. The van der Waals surface area contributed by atoms with Gasteiger partial charge in [-0.25, -0.2) is 4.98 Å². The Labute approximate surface area is 117 Å². The first-order valence-corrected chi connectivity index (χ1v) is 7.17. The van der Waals surface area contributed by atoms with Gasteiger partial charge in [0.25, 0.3) is 0 Å². The molecule has 0 bridgehead atoms. The number of hydrogen-bond acceptors (Lipinski definition) is 3. The molecule has 1 fully saturated rings. The number of benzene rings is 1. The molecule has 2 aromatic rings. The summed E-state index contributed by atoms with van der Waals surface area (Å²) in [6.45, 7) is 4.06. The van der Waals surface area contributed by atoms with Gasteiger partial charge in [0.2, 0.25) is 0 Å². The van der Waals surface area contributed by atoms with Crippen molar-refractivity contribution in [1.29, 1.82) is 0 Å². The lowest BCUT2D eigenvalue weighted by atomic mass is 9.79. The smallest absolute Gasteiger partial charge is 0.314 e. The Hall–Kier alpha value is -1.84. The van der Waals surface area contributed by atoms with E-state index >= 15 is 0 Å².